The maximum atomic E-state index is 11.1. The predicted octanol–water partition coefficient (Wildman–Crippen LogP) is 6.27. The molecule has 0 bridgehead atoms. The van der Waals surface area contributed by atoms with Crippen LogP contribution in [0.4, 0.5) is 0 Å². The van der Waals surface area contributed by atoms with Gasteiger partial charge in [0, 0.05) is 19.4 Å². The van der Waals surface area contributed by atoms with Crippen LogP contribution in [0.15, 0.2) is 97.1 Å². The van der Waals surface area contributed by atoms with Crippen molar-refractivity contribution in [2.24, 2.45) is 0 Å². The van der Waals surface area contributed by atoms with Crippen molar-refractivity contribution in [2.75, 3.05) is 13.7 Å². The Labute approximate surface area is 275 Å². The fourth-order valence-corrected chi connectivity index (χ4v) is 11.1. The molecule has 3 aromatic rings. The summed E-state index contributed by atoms with van der Waals surface area (Å²) in [5.41, 5.74) is 2.09. The van der Waals surface area contributed by atoms with Gasteiger partial charge in [-0.2, -0.15) is 0 Å². The highest BCUT2D eigenvalue weighted by molar-refractivity contribution is 6.99. The number of rotatable bonds is 16. The van der Waals surface area contributed by atoms with E-state index in [1.165, 1.54) is 10.4 Å². The number of aliphatic hydroxyl groups excluding tert-OH is 1. The van der Waals surface area contributed by atoms with Gasteiger partial charge in [0.15, 0.2) is 0 Å². The number of hydrogen-bond acceptors (Lipinski definition) is 6. The molecule has 1 aliphatic heterocycles. The molecule has 0 radical (unpaired) electrons. The normalized spacial score (nSPS) is 18.6. The standard InChI is InChI=1S/C38H50O7Si/c1-28-22-33(24-30(39)25-37(40)41)45-34(23-28)26-32(43-27-29-16-18-31(42-5)19-17-29)20-21-44-46(38(2,3)4,35-12-8-6-9-13-35)36-14-10-7-11-15-36/h6-19,30,32-34,39H,1,20-27H2,2-5H3,(H,40,41)/t30?,32?,33-,34+/m1/s1. The van der Waals surface area contributed by atoms with Crippen molar-refractivity contribution in [2.45, 2.75) is 95.4 Å². The largest absolute Gasteiger partial charge is 0.497 e. The lowest BCUT2D eigenvalue weighted by Crippen LogP contribution is -2.66. The van der Waals surface area contributed by atoms with E-state index in [2.05, 4.69) is 75.9 Å². The van der Waals surface area contributed by atoms with E-state index in [-0.39, 0.29) is 36.2 Å². The van der Waals surface area contributed by atoms with Gasteiger partial charge >= 0.3 is 5.97 Å². The van der Waals surface area contributed by atoms with Gasteiger partial charge in [-0.1, -0.05) is 106 Å². The molecule has 2 N–H and O–H groups in total. The summed E-state index contributed by atoms with van der Waals surface area (Å²) in [5, 5.41) is 21.7. The Balaban J connectivity index is 1.54. The molecule has 4 atom stereocenters. The predicted molar refractivity (Wildman–Crippen MR) is 184 cm³/mol. The lowest BCUT2D eigenvalue weighted by molar-refractivity contribution is -0.140. The first-order valence-electron chi connectivity index (χ1n) is 16.2. The molecule has 248 valence electrons. The number of carbonyl (C=O) groups is 1. The summed E-state index contributed by atoms with van der Waals surface area (Å²) in [6.45, 7) is 12.0. The first-order chi connectivity index (χ1) is 22.0. The second-order valence-corrected chi connectivity index (χ2v) is 17.6. The van der Waals surface area contributed by atoms with Crippen molar-refractivity contribution >= 4 is 24.7 Å². The zero-order chi connectivity index (χ0) is 33.2. The minimum Gasteiger partial charge on any atom is -0.497 e. The summed E-state index contributed by atoms with van der Waals surface area (Å²) in [6.07, 6.45) is 1.00. The topological polar surface area (TPSA) is 94.5 Å². The van der Waals surface area contributed by atoms with Gasteiger partial charge in [-0.05, 0) is 52.4 Å². The zero-order valence-corrected chi connectivity index (χ0v) is 28.7. The van der Waals surface area contributed by atoms with Gasteiger partial charge in [-0.15, -0.1) is 0 Å². The summed E-state index contributed by atoms with van der Waals surface area (Å²) >= 11 is 0. The van der Waals surface area contributed by atoms with Crippen LogP contribution in [-0.4, -0.2) is 62.6 Å². The van der Waals surface area contributed by atoms with Crippen LogP contribution >= 0.6 is 0 Å². The van der Waals surface area contributed by atoms with E-state index in [1.54, 1.807) is 7.11 Å². The quantitative estimate of drug-likeness (QED) is 0.140. The van der Waals surface area contributed by atoms with Crippen molar-refractivity contribution in [1.29, 1.82) is 0 Å². The van der Waals surface area contributed by atoms with Gasteiger partial charge in [0.2, 0.25) is 0 Å². The maximum absolute atomic E-state index is 11.1. The van der Waals surface area contributed by atoms with Gasteiger partial charge in [0.25, 0.3) is 8.32 Å². The van der Waals surface area contributed by atoms with E-state index in [1.807, 2.05) is 36.4 Å². The molecule has 0 aliphatic carbocycles. The van der Waals surface area contributed by atoms with Crippen molar-refractivity contribution < 1.29 is 33.6 Å². The third-order valence-electron chi connectivity index (χ3n) is 8.71. The van der Waals surface area contributed by atoms with Crippen LogP contribution in [0.5, 0.6) is 5.75 Å². The molecule has 4 rings (SSSR count). The van der Waals surface area contributed by atoms with Crippen LogP contribution in [0, 0.1) is 0 Å². The maximum Gasteiger partial charge on any atom is 0.305 e. The number of methoxy groups -OCH3 is 1. The SMILES string of the molecule is C=C1C[C@H](CC(O)CC(=O)O)O[C@H](CC(CCO[Si](c2ccccc2)(c2ccccc2)C(C)(C)C)OCc2ccc(OC)cc2)C1. The van der Waals surface area contributed by atoms with Crippen LogP contribution < -0.4 is 15.1 Å². The molecule has 1 heterocycles. The molecule has 0 amide bonds. The van der Waals surface area contributed by atoms with E-state index in [4.69, 9.17) is 23.7 Å². The van der Waals surface area contributed by atoms with Crippen molar-refractivity contribution in [1.82, 2.24) is 0 Å². The molecular weight excluding hydrogens is 596 g/mol. The molecular formula is C38H50O7Si. The molecule has 7 nitrogen and oxygen atoms in total. The van der Waals surface area contributed by atoms with Crippen LogP contribution in [0.25, 0.3) is 0 Å². The van der Waals surface area contributed by atoms with E-state index in [9.17, 15) is 9.90 Å². The number of aliphatic carboxylic acids is 1. The Morgan fingerprint density at radius 1 is 0.935 bits per heavy atom. The van der Waals surface area contributed by atoms with Crippen LogP contribution in [0.1, 0.15) is 64.9 Å². The molecule has 1 aliphatic rings. The zero-order valence-electron chi connectivity index (χ0n) is 27.7. The molecule has 1 saturated heterocycles. The lowest BCUT2D eigenvalue weighted by atomic mass is 9.92. The third-order valence-corrected chi connectivity index (χ3v) is 13.8. The summed E-state index contributed by atoms with van der Waals surface area (Å²) in [6, 6.07) is 29.1. The summed E-state index contributed by atoms with van der Waals surface area (Å²) in [7, 11) is -1.06. The average molecular weight is 647 g/mol. The first-order valence-corrected chi connectivity index (χ1v) is 18.1. The molecule has 0 saturated carbocycles. The van der Waals surface area contributed by atoms with Crippen molar-refractivity contribution in [3.8, 4) is 5.75 Å². The Bertz CT molecular complexity index is 1330. The smallest absolute Gasteiger partial charge is 0.305 e. The minimum absolute atomic E-state index is 0.136. The molecule has 46 heavy (non-hydrogen) atoms. The van der Waals surface area contributed by atoms with Crippen LogP contribution in [0.3, 0.4) is 0 Å². The molecule has 1 fully saturated rings. The molecule has 2 unspecified atom stereocenters. The number of carboxylic acids is 1. The second kappa shape index (κ2) is 16.5. The Hall–Kier alpha value is -3.27. The van der Waals surface area contributed by atoms with Crippen LogP contribution in [-0.2, 0) is 25.3 Å². The Kier molecular flexibility index (Phi) is 12.8. The molecule has 0 aromatic heterocycles. The van der Waals surface area contributed by atoms with Gasteiger partial charge < -0.3 is 28.8 Å². The number of ether oxygens (including phenoxy) is 3. The number of hydrogen-bond donors (Lipinski definition) is 2. The Morgan fingerprint density at radius 2 is 1.50 bits per heavy atom. The minimum atomic E-state index is -2.71. The van der Waals surface area contributed by atoms with E-state index in [0.717, 1.165) is 16.9 Å². The molecule has 3 aromatic carbocycles. The fraction of sp³-hybridized carbons (Fsp3) is 0.447. The highest BCUT2D eigenvalue weighted by Crippen LogP contribution is 2.37. The third kappa shape index (κ3) is 9.62. The first kappa shape index (κ1) is 35.6. The van der Waals surface area contributed by atoms with Crippen LogP contribution in [0.2, 0.25) is 5.04 Å². The second-order valence-electron chi connectivity index (χ2n) is 13.3. The van der Waals surface area contributed by atoms with Crippen molar-refractivity contribution in [3.05, 3.63) is 103 Å². The van der Waals surface area contributed by atoms with Crippen molar-refractivity contribution in [3.63, 3.8) is 0 Å². The van der Waals surface area contributed by atoms with Gasteiger partial charge in [-0.3, -0.25) is 4.79 Å². The number of carboxylic acid groups (broad SMARTS) is 1. The fourth-order valence-electron chi connectivity index (χ4n) is 6.57. The van der Waals surface area contributed by atoms with E-state index in [0.29, 0.717) is 38.9 Å². The molecule has 8 heteroatoms. The van der Waals surface area contributed by atoms with Gasteiger partial charge in [0.05, 0.1) is 44.6 Å². The monoisotopic (exact) mass is 646 g/mol. The number of benzene rings is 3. The van der Waals surface area contributed by atoms with E-state index >= 15 is 0 Å². The highest BCUT2D eigenvalue weighted by atomic mass is 28.4. The van der Waals surface area contributed by atoms with Gasteiger partial charge in [0.1, 0.15) is 5.75 Å². The average Bonchev–Trinajstić information content (AvgIpc) is 3.01. The number of aliphatic hydroxyl groups is 1. The molecule has 0 spiro atoms. The van der Waals surface area contributed by atoms with E-state index < -0.39 is 20.4 Å². The summed E-state index contributed by atoms with van der Waals surface area (Å²) in [4.78, 5) is 11.1. The summed E-state index contributed by atoms with van der Waals surface area (Å²) in [5.74, 6) is -0.226. The Morgan fingerprint density at radius 3 is 2.02 bits per heavy atom. The highest BCUT2D eigenvalue weighted by Gasteiger charge is 2.50. The lowest BCUT2D eigenvalue weighted by Gasteiger charge is -2.43. The summed E-state index contributed by atoms with van der Waals surface area (Å²) < 4.78 is 25.5. The van der Waals surface area contributed by atoms with Gasteiger partial charge in [-0.25, -0.2) is 0 Å².